The van der Waals surface area contributed by atoms with Crippen molar-refractivity contribution in [2.24, 2.45) is 0 Å². The van der Waals surface area contributed by atoms with Crippen LogP contribution in [0.1, 0.15) is 52.2 Å². The Balaban J connectivity index is 1.71. The number of fused-ring (bicyclic) bond motifs is 4. The van der Waals surface area contributed by atoms with Crippen LogP contribution in [0.5, 0.6) is 5.75 Å². The number of nitrogens with zero attached hydrogens (tertiary/aromatic N) is 3. The monoisotopic (exact) mass is 458 g/mol. The van der Waals surface area contributed by atoms with Gasteiger partial charge in [-0.25, -0.2) is 8.78 Å². The minimum Gasteiger partial charge on any atom is -0.502 e. The summed E-state index contributed by atoms with van der Waals surface area (Å²) in [6.45, 7) is 4.99. The Morgan fingerprint density at radius 2 is 1.88 bits per heavy atom. The van der Waals surface area contributed by atoms with Crippen LogP contribution in [0.4, 0.5) is 8.78 Å². The van der Waals surface area contributed by atoms with Gasteiger partial charge in [0.25, 0.3) is 11.8 Å². The van der Waals surface area contributed by atoms with Crippen LogP contribution < -0.4 is 15.8 Å². The Labute approximate surface area is 188 Å². The molecule has 1 aromatic carbocycles. The minimum atomic E-state index is -1.04. The minimum absolute atomic E-state index is 0.114. The van der Waals surface area contributed by atoms with Gasteiger partial charge in [0.2, 0.25) is 5.43 Å². The van der Waals surface area contributed by atoms with Crippen molar-refractivity contribution in [2.45, 2.75) is 45.8 Å². The summed E-state index contributed by atoms with van der Waals surface area (Å²) in [5.74, 6) is -3.95. The molecule has 174 valence electrons. The number of benzene rings is 1. The predicted octanol–water partition coefficient (Wildman–Crippen LogP) is 2.16. The smallest absolute Gasteiger partial charge is 0.278 e. The molecule has 2 aliphatic rings. The van der Waals surface area contributed by atoms with Crippen molar-refractivity contribution in [3.8, 4) is 5.75 Å². The number of aromatic nitrogens is 1. The molecule has 1 aromatic heterocycles. The molecular weight excluding hydrogens is 434 g/mol. The number of hydrogen-bond acceptors (Lipinski definition) is 5. The quantitative estimate of drug-likeness (QED) is 0.688. The first-order valence-electron chi connectivity index (χ1n) is 10.6. The molecule has 0 saturated heterocycles. The third-order valence-electron chi connectivity index (χ3n) is 6.05. The van der Waals surface area contributed by atoms with Crippen molar-refractivity contribution in [3.63, 3.8) is 0 Å². The molecule has 8 nitrogen and oxygen atoms in total. The average Bonchev–Trinajstić information content (AvgIpc) is 2.74. The van der Waals surface area contributed by atoms with Crippen molar-refractivity contribution in [3.05, 3.63) is 74.7 Å². The van der Waals surface area contributed by atoms with Gasteiger partial charge in [-0.15, -0.1) is 0 Å². The first-order valence-corrected chi connectivity index (χ1v) is 10.6. The van der Waals surface area contributed by atoms with Crippen LogP contribution in [0.25, 0.3) is 0 Å². The van der Waals surface area contributed by atoms with E-state index in [2.05, 4.69) is 5.32 Å². The van der Waals surface area contributed by atoms with Crippen LogP contribution in [-0.2, 0) is 6.54 Å². The highest BCUT2D eigenvalue weighted by atomic mass is 19.1. The number of amides is 2. The standard InChI is InChI=1S/C23H24F2N4O4/c1-12-7-17(24)15(18(25)8-12)9-26-22(32)16-10-28-19(21(31)20(16)30)23(33)27-11-29(28)14(3)6-4-5-13(27)2/h4-5,7-8,10,13-14,31H,6,9,11H2,1-3H3,(H,26,32)/b5-4-/t13-,14-/m1/s1. The van der Waals surface area contributed by atoms with Gasteiger partial charge in [-0.3, -0.25) is 24.1 Å². The highest BCUT2D eigenvalue weighted by Gasteiger charge is 2.37. The second-order valence-corrected chi connectivity index (χ2v) is 8.41. The fraction of sp³-hybridized carbons (Fsp3) is 0.348. The van der Waals surface area contributed by atoms with Gasteiger partial charge in [-0.05, 0) is 44.9 Å². The number of aromatic hydroxyl groups is 1. The number of nitrogens with one attached hydrogen (secondary N) is 1. The van der Waals surface area contributed by atoms with E-state index in [-0.39, 0.29) is 30.0 Å². The van der Waals surface area contributed by atoms with Gasteiger partial charge in [-0.1, -0.05) is 12.2 Å². The molecule has 2 atom stereocenters. The molecule has 2 bridgehead atoms. The van der Waals surface area contributed by atoms with Crippen LogP contribution in [0.2, 0.25) is 0 Å². The molecule has 4 rings (SSSR count). The number of aryl methyl sites for hydroxylation is 1. The van der Waals surface area contributed by atoms with Gasteiger partial charge in [0.05, 0.1) is 0 Å². The maximum Gasteiger partial charge on any atom is 0.278 e. The van der Waals surface area contributed by atoms with E-state index in [4.69, 9.17) is 0 Å². The van der Waals surface area contributed by atoms with Gasteiger partial charge in [0, 0.05) is 30.4 Å². The lowest BCUT2D eigenvalue weighted by atomic mass is 10.1. The molecule has 0 fully saturated rings. The molecule has 0 radical (unpaired) electrons. The highest BCUT2D eigenvalue weighted by Crippen LogP contribution is 2.26. The van der Waals surface area contributed by atoms with Gasteiger partial charge < -0.3 is 15.3 Å². The number of carbonyl (C=O) groups is 2. The van der Waals surface area contributed by atoms with E-state index in [0.717, 1.165) is 12.1 Å². The molecule has 10 heteroatoms. The van der Waals surface area contributed by atoms with Gasteiger partial charge >= 0.3 is 0 Å². The van der Waals surface area contributed by atoms with Crippen molar-refractivity contribution in [1.82, 2.24) is 14.9 Å². The third-order valence-corrected chi connectivity index (χ3v) is 6.05. The first kappa shape index (κ1) is 22.5. The second kappa shape index (κ2) is 8.34. The number of pyridine rings is 1. The van der Waals surface area contributed by atoms with E-state index < -0.39 is 46.7 Å². The van der Waals surface area contributed by atoms with Crippen LogP contribution >= 0.6 is 0 Å². The summed E-state index contributed by atoms with van der Waals surface area (Å²) in [7, 11) is 0. The Bertz CT molecular complexity index is 1220. The molecule has 0 saturated carbocycles. The van der Waals surface area contributed by atoms with Crippen molar-refractivity contribution in [1.29, 1.82) is 0 Å². The summed E-state index contributed by atoms with van der Waals surface area (Å²) in [6.07, 6.45) is 5.68. The van der Waals surface area contributed by atoms with Crippen molar-refractivity contribution < 1.29 is 23.5 Å². The summed E-state index contributed by atoms with van der Waals surface area (Å²) in [6, 6.07) is 1.91. The Kier molecular flexibility index (Phi) is 5.69. The maximum atomic E-state index is 14.1. The number of carbonyl (C=O) groups excluding carboxylic acids is 2. The van der Waals surface area contributed by atoms with Crippen LogP contribution in [0.15, 0.2) is 35.3 Å². The zero-order chi connectivity index (χ0) is 24.0. The van der Waals surface area contributed by atoms with Gasteiger partial charge in [-0.2, -0.15) is 0 Å². The Morgan fingerprint density at radius 1 is 1.21 bits per heavy atom. The molecule has 0 spiro atoms. The Morgan fingerprint density at radius 3 is 2.55 bits per heavy atom. The zero-order valence-corrected chi connectivity index (χ0v) is 18.4. The number of halogens is 2. The van der Waals surface area contributed by atoms with E-state index in [0.29, 0.717) is 12.0 Å². The molecular formula is C23H24F2N4O4. The second-order valence-electron chi connectivity index (χ2n) is 8.41. The topological polar surface area (TPSA) is 94.9 Å². The lowest BCUT2D eigenvalue weighted by molar-refractivity contribution is 0.0634. The molecule has 2 aromatic rings. The number of hydrogen-bond donors (Lipinski definition) is 2. The summed E-state index contributed by atoms with van der Waals surface area (Å²) in [5.41, 5.74) is -1.66. The predicted molar refractivity (Wildman–Crippen MR) is 117 cm³/mol. The Hall–Kier alpha value is -3.69. The molecule has 3 heterocycles. The average molecular weight is 458 g/mol. The van der Waals surface area contributed by atoms with Crippen molar-refractivity contribution >= 4 is 11.8 Å². The van der Waals surface area contributed by atoms with E-state index in [1.54, 1.807) is 5.01 Å². The molecule has 2 N–H and O–H groups in total. The van der Waals surface area contributed by atoms with E-state index in [1.807, 2.05) is 26.0 Å². The van der Waals surface area contributed by atoms with Crippen LogP contribution in [0, 0.1) is 18.6 Å². The van der Waals surface area contributed by atoms with E-state index in [1.165, 1.54) is 22.7 Å². The number of rotatable bonds is 3. The van der Waals surface area contributed by atoms with Crippen LogP contribution in [0.3, 0.4) is 0 Å². The zero-order valence-electron chi connectivity index (χ0n) is 18.4. The molecule has 0 aliphatic carbocycles. The molecule has 2 amide bonds. The van der Waals surface area contributed by atoms with E-state index >= 15 is 0 Å². The van der Waals surface area contributed by atoms with E-state index in [9.17, 15) is 28.3 Å². The fourth-order valence-corrected chi connectivity index (χ4v) is 4.10. The molecule has 0 unspecified atom stereocenters. The lowest BCUT2D eigenvalue weighted by Gasteiger charge is -2.45. The van der Waals surface area contributed by atoms with Crippen molar-refractivity contribution in [2.75, 3.05) is 11.7 Å². The lowest BCUT2D eigenvalue weighted by Crippen LogP contribution is -2.59. The normalized spacial score (nSPS) is 20.7. The summed E-state index contributed by atoms with van der Waals surface area (Å²) in [5, 5.41) is 14.7. The summed E-state index contributed by atoms with van der Waals surface area (Å²) >= 11 is 0. The maximum absolute atomic E-state index is 14.1. The largest absolute Gasteiger partial charge is 0.502 e. The fourth-order valence-electron chi connectivity index (χ4n) is 4.10. The third kappa shape index (κ3) is 3.85. The van der Waals surface area contributed by atoms with Gasteiger partial charge in [0.1, 0.15) is 23.9 Å². The molecule has 33 heavy (non-hydrogen) atoms. The highest BCUT2D eigenvalue weighted by molar-refractivity contribution is 5.99. The summed E-state index contributed by atoms with van der Waals surface area (Å²) in [4.78, 5) is 40.1. The summed E-state index contributed by atoms with van der Waals surface area (Å²) < 4.78 is 29.5. The van der Waals surface area contributed by atoms with Crippen LogP contribution in [-0.4, -0.2) is 45.2 Å². The van der Waals surface area contributed by atoms with Gasteiger partial charge in [0.15, 0.2) is 11.4 Å². The SMILES string of the molecule is Cc1cc(F)c(CNC(=O)c2cn3c(c(O)c2=O)C(=O)N2CN3[C@H](C)C/C=C\[C@H]2C)c(F)c1. The molecule has 2 aliphatic heterocycles. The first-order chi connectivity index (χ1) is 15.6.